The molecule has 4 N–H and O–H groups in total. The number of hydrogen-bond acceptors (Lipinski definition) is 16. The van der Waals surface area contributed by atoms with Crippen molar-refractivity contribution in [2.45, 2.75) is 56.5 Å². The zero-order valence-corrected chi connectivity index (χ0v) is 29.8. The van der Waals surface area contributed by atoms with Crippen LogP contribution >= 0.6 is 15.6 Å². The van der Waals surface area contributed by atoms with Crippen molar-refractivity contribution >= 4 is 49.7 Å². The van der Waals surface area contributed by atoms with Gasteiger partial charge >= 0.3 is 15.6 Å². The number of ether oxygens (including phenoxy) is 2. The summed E-state index contributed by atoms with van der Waals surface area (Å²) < 4.78 is 62.7. The lowest BCUT2D eigenvalue weighted by Crippen LogP contribution is -2.29. The van der Waals surface area contributed by atoms with Crippen LogP contribution in [0.1, 0.15) is 48.5 Å². The zero-order valence-electron chi connectivity index (χ0n) is 28.0. The van der Waals surface area contributed by atoms with Crippen LogP contribution in [-0.4, -0.2) is 92.9 Å². The van der Waals surface area contributed by atoms with E-state index < -0.39 is 58.6 Å². The Bertz CT molecular complexity index is 2330. The van der Waals surface area contributed by atoms with Gasteiger partial charge in [-0.15, -0.1) is 0 Å². The van der Waals surface area contributed by atoms with Gasteiger partial charge in [-0.05, 0) is 25.0 Å². The number of aromatic nitrogens is 8. The molecule has 0 aliphatic carbocycles. The van der Waals surface area contributed by atoms with Crippen molar-refractivity contribution in [3.8, 4) is 6.07 Å². The first kappa shape index (κ1) is 37.5. The summed E-state index contributed by atoms with van der Waals surface area (Å²) in [6, 6.07) is 10.5. The highest BCUT2D eigenvalue weighted by atomic mass is 31.2. The van der Waals surface area contributed by atoms with Crippen molar-refractivity contribution in [2.24, 2.45) is 0 Å². The number of carbonyl (C=O) groups excluding carboxylic acids is 1. The highest BCUT2D eigenvalue weighted by Crippen LogP contribution is 2.54. The maximum Gasteiger partial charge on any atom is 0.475 e. The Hall–Kier alpha value is -4.78. The van der Waals surface area contributed by atoms with Crippen molar-refractivity contribution in [1.29, 1.82) is 5.26 Å². The molecular formula is C30H32N10O12P2. The Balaban J connectivity index is 1.04. The summed E-state index contributed by atoms with van der Waals surface area (Å²) >= 11 is 0. The Labute approximate surface area is 304 Å². The number of nitrogens with zero attached hydrogens (tertiary/aromatic N) is 8. The van der Waals surface area contributed by atoms with Crippen molar-refractivity contribution < 1.29 is 51.3 Å². The molecule has 7 rings (SSSR count). The smallest absolute Gasteiger partial charge is 0.352 e. The van der Waals surface area contributed by atoms with Crippen LogP contribution in [0, 0.1) is 11.3 Å². The van der Waals surface area contributed by atoms with Crippen molar-refractivity contribution in [3.63, 3.8) is 0 Å². The molecule has 5 unspecified atom stereocenters. The molecule has 6 atom stereocenters. The predicted octanol–water partition coefficient (Wildman–Crippen LogP) is 2.73. The number of imidazole rings is 2. The van der Waals surface area contributed by atoms with E-state index in [-0.39, 0.29) is 48.9 Å². The molecule has 0 saturated carbocycles. The van der Waals surface area contributed by atoms with Gasteiger partial charge in [-0.1, -0.05) is 18.2 Å². The Kier molecular flexibility index (Phi) is 11.1. The summed E-state index contributed by atoms with van der Waals surface area (Å²) in [4.78, 5) is 67.2. The summed E-state index contributed by atoms with van der Waals surface area (Å²) in [7, 11) is -9.48. The molecule has 1 amide bonds. The summed E-state index contributed by atoms with van der Waals surface area (Å²) in [5.74, 6) is -0.154. The third kappa shape index (κ3) is 8.46. The third-order valence-electron chi connectivity index (χ3n) is 8.43. The number of carbonyl (C=O) groups is 1. The van der Waals surface area contributed by atoms with Crippen LogP contribution < -0.4 is 10.9 Å². The number of nitrogens with one attached hydrogen (secondary N) is 2. The van der Waals surface area contributed by atoms with Gasteiger partial charge in [0.1, 0.15) is 31.0 Å². The van der Waals surface area contributed by atoms with Crippen LogP contribution in [0.5, 0.6) is 0 Å². The SMILES string of the molecule is N#CCCOP(=O)(OCC1CCC(n2cnc3c(NC(=O)c4ccccc4)ncnc32)O1)O[C@H]1CC(n2cnc3c(=O)[nH]cnc32)OC1COP(=O)(O)O. The minimum absolute atomic E-state index is 0.0172. The molecule has 24 heteroatoms. The van der Waals surface area contributed by atoms with Crippen LogP contribution in [-0.2, 0) is 36.7 Å². The van der Waals surface area contributed by atoms with Crippen molar-refractivity contribution in [2.75, 3.05) is 25.1 Å². The van der Waals surface area contributed by atoms with Crippen LogP contribution in [0.3, 0.4) is 0 Å². The van der Waals surface area contributed by atoms with Gasteiger partial charge in [0.2, 0.25) is 0 Å². The second kappa shape index (κ2) is 15.9. The predicted molar refractivity (Wildman–Crippen MR) is 182 cm³/mol. The van der Waals surface area contributed by atoms with Gasteiger partial charge in [0, 0.05) is 12.0 Å². The average Bonchev–Trinajstić information content (AvgIpc) is 3.96. The summed E-state index contributed by atoms with van der Waals surface area (Å²) in [6.07, 6.45) is 1.40. The van der Waals surface area contributed by atoms with E-state index in [0.717, 1.165) is 0 Å². The molecule has 0 radical (unpaired) electrons. The normalized spacial score (nSPS) is 22.7. The highest BCUT2D eigenvalue weighted by molar-refractivity contribution is 7.48. The number of benzene rings is 1. The molecule has 2 aliphatic rings. The number of H-pyrrole nitrogens is 1. The van der Waals surface area contributed by atoms with E-state index in [0.29, 0.717) is 29.6 Å². The minimum Gasteiger partial charge on any atom is -0.352 e. The molecule has 6 heterocycles. The molecule has 0 spiro atoms. The molecule has 5 aromatic rings. The van der Waals surface area contributed by atoms with Gasteiger partial charge in [-0.3, -0.25) is 36.8 Å². The molecule has 2 aliphatic heterocycles. The largest absolute Gasteiger partial charge is 0.475 e. The molecule has 0 bridgehead atoms. The topological polar surface area (TPSA) is 290 Å². The van der Waals surface area contributed by atoms with E-state index in [4.69, 9.17) is 28.3 Å². The molecule has 2 fully saturated rings. The first-order valence-corrected chi connectivity index (χ1v) is 19.4. The lowest BCUT2D eigenvalue weighted by Gasteiger charge is -2.25. The van der Waals surface area contributed by atoms with Crippen LogP contribution in [0.4, 0.5) is 5.82 Å². The maximum absolute atomic E-state index is 14.1. The highest BCUT2D eigenvalue weighted by Gasteiger charge is 2.45. The Morgan fingerprint density at radius 1 is 0.963 bits per heavy atom. The van der Waals surface area contributed by atoms with Gasteiger partial charge in [0.15, 0.2) is 28.1 Å². The standard InChI is InChI=1S/C30H32N10O12P2/c31-9-4-10-47-54(46,52-20-11-23(51-21(20)13-48-53(43,44)45)40-17-37-25-28(40)34-15-35-30(25)42)49-12-19-7-8-22(50-19)39-16-36-24-26(32-14-33-27(24)39)38-29(41)18-5-2-1-3-6-18/h1-3,5-6,14-17,19-23H,4,7-8,10-13H2,(H,34,35,42)(H2,43,44,45)(H,32,33,38,41)/t19?,20-,21?,22?,23?,54?/m0/s1. The fourth-order valence-electron chi connectivity index (χ4n) is 5.96. The monoisotopic (exact) mass is 786 g/mol. The van der Waals surface area contributed by atoms with E-state index in [1.165, 1.54) is 29.9 Å². The van der Waals surface area contributed by atoms with E-state index in [1.807, 2.05) is 6.07 Å². The number of amides is 1. The van der Waals surface area contributed by atoms with Gasteiger partial charge in [0.25, 0.3) is 11.5 Å². The number of rotatable bonds is 15. The van der Waals surface area contributed by atoms with Gasteiger partial charge in [-0.25, -0.2) is 34.0 Å². The number of fused-ring (bicyclic) bond motifs is 2. The minimum atomic E-state index is -4.96. The average molecular weight is 787 g/mol. The molecular weight excluding hydrogens is 754 g/mol. The number of hydrogen-bond donors (Lipinski definition) is 4. The molecule has 2 saturated heterocycles. The van der Waals surface area contributed by atoms with Crippen LogP contribution in [0.25, 0.3) is 22.3 Å². The van der Waals surface area contributed by atoms with Crippen molar-refractivity contribution in [1.82, 2.24) is 39.0 Å². The number of phosphoric ester groups is 2. The number of aromatic amines is 1. The summed E-state index contributed by atoms with van der Waals surface area (Å²) in [5, 5.41) is 11.8. The summed E-state index contributed by atoms with van der Waals surface area (Å²) in [5.41, 5.74) is 0.854. The van der Waals surface area contributed by atoms with E-state index in [2.05, 4.69) is 39.7 Å². The Morgan fingerprint density at radius 2 is 1.72 bits per heavy atom. The van der Waals surface area contributed by atoms with E-state index in [1.54, 1.807) is 34.9 Å². The molecule has 4 aromatic heterocycles. The lowest BCUT2D eigenvalue weighted by molar-refractivity contribution is -0.0498. The van der Waals surface area contributed by atoms with E-state index in [9.17, 15) is 28.5 Å². The molecule has 54 heavy (non-hydrogen) atoms. The number of nitriles is 1. The van der Waals surface area contributed by atoms with Crippen LogP contribution in [0.2, 0.25) is 0 Å². The van der Waals surface area contributed by atoms with Crippen molar-refractivity contribution in [3.05, 3.63) is 71.6 Å². The fourth-order valence-corrected chi connectivity index (χ4v) is 7.71. The second-order valence-corrected chi connectivity index (χ2v) is 14.9. The summed E-state index contributed by atoms with van der Waals surface area (Å²) in [6.45, 7) is -1.29. The van der Waals surface area contributed by atoms with E-state index >= 15 is 0 Å². The lowest BCUT2D eigenvalue weighted by atomic mass is 10.2. The zero-order chi connectivity index (χ0) is 37.9. The third-order valence-corrected chi connectivity index (χ3v) is 10.4. The Morgan fingerprint density at radius 3 is 2.50 bits per heavy atom. The number of phosphoric acid groups is 2. The van der Waals surface area contributed by atoms with Gasteiger partial charge in [0.05, 0.1) is 57.4 Å². The van der Waals surface area contributed by atoms with Gasteiger partial charge < -0.3 is 29.6 Å². The number of anilines is 1. The fraction of sp³-hybridized carbons (Fsp3) is 0.400. The second-order valence-electron chi connectivity index (χ2n) is 12.0. The molecule has 1 aromatic carbocycles. The first-order valence-electron chi connectivity index (χ1n) is 16.4. The van der Waals surface area contributed by atoms with Crippen LogP contribution in [0.15, 0.2) is 60.4 Å². The quantitative estimate of drug-likeness (QED) is 0.0876. The maximum atomic E-state index is 14.1. The molecule has 22 nitrogen and oxygen atoms in total. The van der Waals surface area contributed by atoms with Gasteiger partial charge in [-0.2, -0.15) is 5.26 Å². The molecule has 284 valence electrons. The first-order chi connectivity index (χ1) is 26.0.